The Morgan fingerprint density at radius 1 is 1.85 bits per heavy atom. The highest BCUT2D eigenvalue weighted by Crippen LogP contribution is 2.37. The summed E-state index contributed by atoms with van der Waals surface area (Å²) in [6.45, 7) is 2.62. The van der Waals surface area contributed by atoms with Gasteiger partial charge in [0.25, 0.3) is 0 Å². The largest absolute Gasteiger partial charge is 0.364 e. The van der Waals surface area contributed by atoms with E-state index in [0.717, 1.165) is 18.5 Å². The van der Waals surface area contributed by atoms with Crippen LogP contribution in [-0.4, -0.2) is 21.7 Å². The Balaban J connectivity index is 2.07. The van der Waals surface area contributed by atoms with Gasteiger partial charge in [0.15, 0.2) is 0 Å². The molecule has 2 N–H and O–H groups in total. The fourth-order valence-electron chi connectivity index (χ4n) is 1.57. The Hall–Kier alpha value is -0.520. The zero-order valence-corrected chi connectivity index (χ0v) is 8.38. The molecule has 0 aliphatic carbocycles. The molecule has 1 aromatic rings. The molecule has 2 heterocycles. The second-order valence-corrected chi connectivity index (χ2v) is 4.24. The molecule has 4 nitrogen and oxygen atoms in total. The number of ether oxygens (including phenoxy) is 1. The van der Waals surface area contributed by atoms with Crippen LogP contribution in [0.1, 0.15) is 31.6 Å². The molecular weight excluding hydrogens is 186 g/mol. The van der Waals surface area contributed by atoms with Crippen molar-refractivity contribution in [1.29, 1.82) is 0 Å². The fourth-order valence-corrected chi connectivity index (χ4v) is 2.06. The summed E-state index contributed by atoms with van der Waals surface area (Å²) in [5.74, 6) is 0. The Kier molecular flexibility index (Phi) is 2.31. The number of nitrogens with two attached hydrogens (primary N) is 1. The van der Waals surface area contributed by atoms with Crippen LogP contribution in [-0.2, 0) is 4.74 Å². The highest BCUT2D eigenvalue weighted by molar-refractivity contribution is 7.03. The van der Waals surface area contributed by atoms with E-state index in [-0.39, 0.29) is 11.7 Å². The average Bonchev–Trinajstić information content (AvgIpc) is 2.73. The first kappa shape index (κ1) is 9.05. The van der Waals surface area contributed by atoms with Crippen molar-refractivity contribution in [3.63, 3.8) is 0 Å². The van der Waals surface area contributed by atoms with Gasteiger partial charge in [0, 0.05) is 11.9 Å². The zero-order chi connectivity index (χ0) is 9.31. The van der Waals surface area contributed by atoms with E-state index in [1.807, 2.05) is 12.3 Å². The van der Waals surface area contributed by atoms with Crippen molar-refractivity contribution >= 4 is 11.5 Å². The minimum atomic E-state index is -0.158. The third-order valence-corrected chi connectivity index (χ3v) is 3.02. The van der Waals surface area contributed by atoms with Crippen molar-refractivity contribution in [1.82, 2.24) is 9.59 Å². The third-order valence-electron chi connectivity index (χ3n) is 2.50. The molecule has 0 aromatic carbocycles. The van der Waals surface area contributed by atoms with E-state index in [1.54, 1.807) is 0 Å². The molecule has 0 saturated carbocycles. The molecule has 2 rings (SSSR count). The molecule has 1 fully saturated rings. The lowest BCUT2D eigenvalue weighted by Gasteiger charge is -2.21. The molecule has 0 radical (unpaired) electrons. The van der Waals surface area contributed by atoms with Crippen molar-refractivity contribution in [2.75, 3.05) is 6.54 Å². The number of aromatic nitrogens is 2. The fraction of sp³-hybridized carbons (Fsp3) is 0.750. The van der Waals surface area contributed by atoms with Gasteiger partial charge in [0.05, 0.1) is 5.60 Å². The monoisotopic (exact) mass is 199 g/mol. The lowest BCUT2D eigenvalue weighted by Crippen LogP contribution is -2.33. The van der Waals surface area contributed by atoms with Gasteiger partial charge in [-0.2, -0.15) is 0 Å². The van der Waals surface area contributed by atoms with Gasteiger partial charge in [-0.15, -0.1) is 5.10 Å². The summed E-state index contributed by atoms with van der Waals surface area (Å²) in [5, 5.41) is 5.94. The second kappa shape index (κ2) is 3.32. The van der Waals surface area contributed by atoms with E-state index in [4.69, 9.17) is 10.5 Å². The van der Waals surface area contributed by atoms with E-state index in [9.17, 15) is 0 Å². The summed E-state index contributed by atoms with van der Waals surface area (Å²) in [7, 11) is 0. The molecule has 5 heteroatoms. The quantitative estimate of drug-likeness (QED) is 0.775. The predicted octanol–water partition coefficient (Wildman–Crippen LogP) is 1.11. The lowest BCUT2D eigenvalue weighted by molar-refractivity contribution is -0.0247. The standard InChI is InChI=1S/C8H13N3OS/c1-8(5-9)3-2-7(12-8)6-4-13-11-10-6/h4,7H,2-3,5,9H2,1H3. The van der Waals surface area contributed by atoms with Crippen LogP contribution in [0.15, 0.2) is 5.38 Å². The van der Waals surface area contributed by atoms with Crippen molar-refractivity contribution < 1.29 is 4.74 Å². The molecule has 2 atom stereocenters. The molecule has 13 heavy (non-hydrogen) atoms. The molecule has 1 aliphatic heterocycles. The Labute approximate surface area is 81.3 Å². The van der Waals surface area contributed by atoms with E-state index in [0.29, 0.717) is 6.54 Å². The maximum atomic E-state index is 5.82. The van der Waals surface area contributed by atoms with Gasteiger partial charge in [-0.1, -0.05) is 4.49 Å². The van der Waals surface area contributed by atoms with Crippen LogP contribution in [0.4, 0.5) is 0 Å². The zero-order valence-electron chi connectivity index (χ0n) is 7.56. The van der Waals surface area contributed by atoms with Crippen molar-refractivity contribution in [3.8, 4) is 0 Å². The highest BCUT2D eigenvalue weighted by Gasteiger charge is 2.36. The molecular formula is C8H13N3OS. The number of hydrogen-bond donors (Lipinski definition) is 1. The van der Waals surface area contributed by atoms with Gasteiger partial charge >= 0.3 is 0 Å². The molecule has 0 amide bonds. The Morgan fingerprint density at radius 3 is 3.23 bits per heavy atom. The summed E-state index contributed by atoms with van der Waals surface area (Å²) in [4.78, 5) is 0. The number of rotatable bonds is 2. The van der Waals surface area contributed by atoms with Crippen LogP contribution >= 0.6 is 11.5 Å². The lowest BCUT2D eigenvalue weighted by atomic mass is 10.0. The topological polar surface area (TPSA) is 61.0 Å². The SMILES string of the molecule is CC1(CN)CCC(c2csnn2)O1. The molecule has 0 spiro atoms. The number of nitrogens with zero attached hydrogens (tertiary/aromatic N) is 2. The molecule has 1 aliphatic rings. The van der Waals surface area contributed by atoms with Crippen LogP contribution in [0.25, 0.3) is 0 Å². The molecule has 0 bridgehead atoms. The van der Waals surface area contributed by atoms with Crippen LogP contribution < -0.4 is 5.73 Å². The maximum absolute atomic E-state index is 5.82. The highest BCUT2D eigenvalue weighted by atomic mass is 32.1. The summed E-state index contributed by atoms with van der Waals surface area (Å²) in [5.41, 5.74) is 6.41. The van der Waals surface area contributed by atoms with Gasteiger partial charge in [0.2, 0.25) is 0 Å². The smallest absolute Gasteiger partial charge is 0.104 e. The molecule has 2 unspecified atom stereocenters. The summed E-state index contributed by atoms with van der Waals surface area (Å²) >= 11 is 1.36. The molecule has 1 saturated heterocycles. The normalized spacial score (nSPS) is 33.8. The summed E-state index contributed by atoms with van der Waals surface area (Å²) in [6, 6.07) is 0. The van der Waals surface area contributed by atoms with Crippen molar-refractivity contribution in [2.24, 2.45) is 5.73 Å². The van der Waals surface area contributed by atoms with E-state index in [1.165, 1.54) is 11.5 Å². The minimum Gasteiger partial charge on any atom is -0.364 e. The van der Waals surface area contributed by atoms with Gasteiger partial charge in [-0.05, 0) is 31.3 Å². The minimum absolute atomic E-state index is 0.104. The maximum Gasteiger partial charge on any atom is 0.104 e. The van der Waals surface area contributed by atoms with Crippen molar-refractivity contribution in [2.45, 2.75) is 31.5 Å². The predicted molar refractivity (Wildman–Crippen MR) is 50.4 cm³/mol. The van der Waals surface area contributed by atoms with Crippen LogP contribution in [0.3, 0.4) is 0 Å². The molecule has 72 valence electrons. The van der Waals surface area contributed by atoms with Gasteiger partial charge < -0.3 is 10.5 Å². The van der Waals surface area contributed by atoms with Crippen LogP contribution in [0.5, 0.6) is 0 Å². The Morgan fingerprint density at radius 2 is 2.69 bits per heavy atom. The summed E-state index contributed by atoms with van der Waals surface area (Å²) in [6.07, 6.45) is 2.11. The van der Waals surface area contributed by atoms with Gasteiger partial charge in [0.1, 0.15) is 11.8 Å². The number of hydrogen-bond acceptors (Lipinski definition) is 5. The van der Waals surface area contributed by atoms with Gasteiger partial charge in [-0.25, -0.2) is 0 Å². The van der Waals surface area contributed by atoms with Crippen molar-refractivity contribution in [3.05, 3.63) is 11.1 Å². The van der Waals surface area contributed by atoms with E-state index < -0.39 is 0 Å². The van der Waals surface area contributed by atoms with Gasteiger partial charge in [-0.3, -0.25) is 0 Å². The first-order chi connectivity index (χ1) is 6.23. The first-order valence-electron chi connectivity index (χ1n) is 4.38. The van der Waals surface area contributed by atoms with E-state index >= 15 is 0 Å². The average molecular weight is 199 g/mol. The molecule has 1 aromatic heterocycles. The van der Waals surface area contributed by atoms with Crippen LogP contribution in [0.2, 0.25) is 0 Å². The summed E-state index contributed by atoms with van der Waals surface area (Å²) < 4.78 is 9.64. The second-order valence-electron chi connectivity index (χ2n) is 3.63. The van der Waals surface area contributed by atoms with Crippen LogP contribution in [0, 0.1) is 0 Å². The Bertz CT molecular complexity index is 277. The van der Waals surface area contributed by atoms with E-state index in [2.05, 4.69) is 9.59 Å². The third kappa shape index (κ3) is 1.72. The first-order valence-corrected chi connectivity index (χ1v) is 5.22.